The van der Waals surface area contributed by atoms with Gasteiger partial charge in [-0.25, -0.2) is 17.9 Å². The zero-order valence-corrected chi connectivity index (χ0v) is 28.2. The smallest absolute Gasteiger partial charge is 0.330 e. The molecule has 0 atom stereocenters. The first-order chi connectivity index (χ1) is 21.1. The quantitative estimate of drug-likeness (QED) is 0.155. The van der Waals surface area contributed by atoms with Gasteiger partial charge in [0.25, 0.3) is 5.56 Å². The van der Waals surface area contributed by atoms with E-state index in [1.807, 2.05) is 6.92 Å². The predicted molar refractivity (Wildman–Crippen MR) is 170 cm³/mol. The number of hydrogen-bond acceptors (Lipinski definition) is 9. The molecule has 12 nitrogen and oxygen atoms in total. The van der Waals surface area contributed by atoms with E-state index in [-0.39, 0.29) is 41.4 Å². The molecular formula is C30H46N5O7PS. The summed E-state index contributed by atoms with van der Waals surface area (Å²) in [5.41, 5.74) is 0.995. The first kappa shape index (κ1) is 34.3. The summed E-state index contributed by atoms with van der Waals surface area (Å²) in [4.78, 5) is 20.8. The summed E-state index contributed by atoms with van der Waals surface area (Å²) in [6.45, 7) is 10.8. The third-order valence-electron chi connectivity index (χ3n) is 7.85. The van der Waals surface area contributed by atoms with Crippen LogP contribution in [0.1, 0.15) is 77.7 Å². The van der Waals surface area contributed by atoms with E-state index in [9.17, 15) is 17.8 Å². The molecule has 244 valence electrons. The predicted octanol–water partition coefficient (Wildman–Crippen LogP) is 5.58. The highest BCUT2D eigenvalue weighted by molar-refractivity contribution is 7.89. The number of nitrogens with zero attached hydrogens (tertiary/aromatic N) is 4. The van der Waals surface area contributed by atoms with Crippen LogP contribution < -0.4 is 10.3 Å². The molecular weight excluding hydrogens is 605 g/mol. The fourth-order valence-corrected chi connectivity index (χ4v) is 9.26. The Labute approximate surface area is 260 Å². The number of fused-ring (bicyclic) bond motifs is 1. The van der Waals surface area contributed by atoms with Gasteiger partial charge in [0.15, 0.2) is 11.3 Å². The fourth-order valence-electron chi connectivity index (χ4n) is 5.70. The molecule has 44 heavy (non-hydrogen) atoms. The molecule has 3 aromatic rings. The molecule has 1 fully saturated rings. The molecule has 0 saturated carbocycles. The molecule has 0 aliphatic carbocycles. The van der Waals surface area contributed by atoms with Crippen LogP contribution in [0.15, 0.2) is 27.9 Å². The van der Waals surface area contributed by atoms with Crippen LogP contribution in [0, 0.1) is 12.8 Å². The molecule has 0 unspecified atom stereocenters. The van der Waals surface area contributed by atoms with Crippen molar-refractivity contribution in [2.45, 2.75) is 84.5 Å². The van der Waals surface area contributed by atoms with Crippen molar-refractivity contribution in [3.05, 3.63) is 40.1 Å². The average Bonchev–Trinajstić information content (AvgIpc) is 3.31. The van der Waals surface area contributed by atoms with Gasteiger partial charge in [-0.05, 0) is 71.1 Å². The zero-order valence-electron chi connectivity index (χ0n) is 26.5. The van der Waals surface area contributed by atoms with Crippen LogP contribution in [0.25, 0.3) is 16.9 Å². The summed E-state index contributed by atoms with van der Waals surface area (Å²) in [6, 6.07) is 4.64. The lowest BCUT2D eigenvalue weighted by atomic mass is 10.0. The van der Waals surface area contributed by atoms with Gasteiger partial charge in [-0.3, -0.25) is 9.36 Å². The van der Waals surface area contributed by atoms with Crippen molar-refractivity contribution in [3.63, 3.8) is 0 Å². The largest absolute Gasteiger partial charge is 0.493 e. The first-order valence-electron chi connectivity index (χ1n) is 15.7. The van der Waals surface area contributed by atoms with Gasteiger partial charge in [-0.15, -0.1) is 5.10 Å². The number of sulfonamides is 1. The first-order valence-corrected chi connectivity index (χ1v) is 18.9. The molecule has 0 radical (unpaired) electrons. The van der Waals surface area contributed by atoms with E-state index in [1.54, 1.807) is 31.4 Å². The summed E-state index contributed by atoms with van der Waals surface area (Å²) in [5, 5.41) is 4.74. The Morgan fingerprint density at radius 1 is 1.02 bits per heavy atom. The number of hydrogen-bond donors (Lipinski definition) is 1. The van der Waals surface area contributed by atoms with Gasteiger partial charge in [0.05, 0.1) is 42.1 Å². The summed E-state index contributed by atoms with van der Waals surface area (Å²) in [5.74, 6) is 1.34. The SMILES string of the molecule is CCCCCCc1nc(C)c2c(=O)[nH]c(-c3cc(S(=O)(=O)N4CCC(CP(=O)(OCC)OCC)CC4)ccc3OCC)nn12. The van der Waals surface area contributed by atoms with E-state index >= 15 is 0 Å². The van der Waals surface area contributed by atoms with E-state index in [0.717, 1.165) is 25.7 Å². The number of rotatable bonds is 16. The van der Waals surface area contributed by atoms with Crippen molar-refractivity contribution >= 4 is 23.1 Å². The maximum absolute atomic E-state index is 13.8. The Bertz CT molecular complexity index is 1620. The lowest BCUT2D eigenvalue weighted by molar-refractivity contribution is 0.207. The average molecular weight is 652 g/mol. The molecule has 14 heteroatoms. The van der Waals surface area contributed by atoms with Crippen LogP contribution in [-0.2, 0) is 30.1 Å². The number of aromatic amines is 1. The molecule has 1 aliphatic rings. The number of H-pyrrole nitrogens is 1. The second-order valence-electron chi connectivity index (χ2n) is 11.1. The standard InChI is InChI=1S/C30H46N5O7PS/c1-6-10-11-12-13-27-31-22(5)28-30(36)32-29(33-35(27)28)25-20-24(14-15-26(25)40-7-2)44(38,39)34-18-16-23(17-19-34)21-43(37,41-8-3)42-9-4/h14-15,20,23H,6-13,16-19,21H2,1-5H3,(H,32,33,36). The third kappa shape index (κ3) is 7.80. The van der Waals surface area contributed by atoms with E-state index < -0.39 is 17.6 Å². The number of benzene rings is 1. The van der Waals surface area contributed by atoms with Gasteiger partial charge < -0.3 is 18.8 Å². The Balaban J connectivity index is 1.62. The third-order valence-corrected chi connectivity index (χ3v) is 12.0. The minimum absolute atomic E-state index is 0.0251. The minimum Gasteiger partial charge on any atom is -0.493 e. The van der Waals surface area contributed by atoms with Gasteiger partial charge in [-0.1, -0.05) is 26.2 Å². The van der Waals surface area contributed by atoms with Crippen LogP contribution in [0.4, 0.5) is 0 Å². The maximum atomic E-state index is 13.8. The summed E-state index contributed by atoms with van der Waals surface area (Å²) < 4.78 is 60.4. The highest BCUT2D eigenvalue weighted by Gasteiger charge is 2.35. The van der Waals surface area contributed by atoms with Gasteiger partial charge in [-0.2, -0.15) is 4.31 Å². The highest BCUT2D eigenvalue weighted by atomic mass is 32.2. The van der Waals surface area contributed by atoms with Crippen LogP contribution in [-0.4, -0.2) is 71.4 Å². The number of ether oxygens (including phenoxy) is 1. The van der Waals surface area contributed by atoms with E-state index in [1.165, 1.54) is 16.4 Å². The van der Waals surface area contributed by atoms with Crippen LogP contribution in [0.2, 0.25) is 0 Å². The minimum atomic E-state index is -3.88. The second-order valence-corrected chi connectivity index (χ2v) is 15.1. The van der Waals surface area contributed by atoms with Crippen molar-refractivity contribution in [2.24, 2.45) is 5.92 Å². The van der Waals surface area contributed by atoms with Crippen LogP contribution in [0.5, 0.6) is 5.75 Å². The Morgan fingerprint density at radius 3 is 2.36 bits per heavy atom. The van der Waals surface area contributed by atoms with Crippen molar-refractivity contribution in [3.8, 4) is 17.1 Å². The lowest BCUT2D eigenvalue weighted by Crippen LogP contribution is -2.39. The number of piperidine rings is 1. The lowest BCUT2D eigenvalue weighted by Gasteiger charge is -2.32. The Kier molecular flexibility index (Phi) is 11.8. The number of unbranched alkanes of at least 4 members (excludes halogenated alkanes) is 3. The molecule has 0 bridgehead atoms. The number of aryl methyl sites for hydroxylation is 2. The molecule has 1 N–H and O–H groups in total. The second kappa shape index (κ2) is 15.1. The topological polar surface area (TPSA) is 145 Å². The Morgan fingerprint density at radius 2 is 1.73 bits per heavy atom. The number of imidazole rings is 1. The van der Waals surface area contributed by atoms with Crippen LogP contribution >= 0.6 is 7.60 Å². The Hall–Kier alpha value is -2.57. The van der Waals surface area contributed by atoms with E-state index in [0.29, 0.717) is 67.4 Å². The van der Waals surface area contributed by atoms with Crippen LogP contribution in [0.3, 0.4) is 0 Å². The summed E-state index contributed by atoms with van der Waals surface area (Å²) >= 11 is 0. The van der Waals surface area contributed by atoms with Crippen molar-refractivity contribution in [1.82, 2.24) is 23.9 Å². The van der Waals surface area contributed by atoms with Gasteiger partial charge in [0, 0.05) is 19.5 Å². The maximum Gasteiger partial charge on any atom is 0.330 e. The molecule has 1 saturated heterocycles. The molecule has 2 aromatic heterocycles. The molecule has 4 rings (SSSR count). The van der Waals surface area contributed by atoms with Crippen molar-refractivity contribution < 1.29 is 26.8 Å². The normalized spacial score (nSPS) is 15.3. The molecule has 1 aliphatic heterocycles. The van der Waals surface area contributed by atoms with Crippen molar-refractivity contribution in [2.75, 3.05) is 39.1 Å². The summed E-state index contributed by atoms with van der Waals surface area (Å²) in [7, 11) is -7.10. The molecule has 1 aromatic carbocycles. The van der Waals surface area contributed by atoms with E-state index in [4.69, 9.17) is 18.9 Å². The molecule has 0 spiro atoms. The number of nitrogens with one attached hydrogen (secondary N) is 1. The summed E-state index contributed by atoms with van der Waals surface area (Å²) in [6.07, 6.45) is 6.26. The molecule has 0 amide bonds. The van der Waals surface area contributed by atoms with Gasteiger partial charge in [0.1, 0.15) is 11.6 Å². The van der Waals surface area contributed by atoms with Gasteiger partial charge >= 0.3 is 7.60 Å². The zero-order chi connectivity index (χ0) is 31.9. The fraction of sp³-hybridized carbons (Fsp3) is 0.633. The van der Waals surface area contributed by atoms with E-state index in [2.05, 4.69) is 16.9 Å². The van der Waals surface area contributed by atoms with Gasteiger partial charge in [0.2, 0.25) is 10.0 Å². The monoisotopic (exact) mass is 651 g/mol. The highest BCUT2D eigenvalue weighted by Crippen LogP contribution is 2.51. The van der Waals surface area contributed by atoms with Crippen molar-refractivity contribution in [1.29, 1.82) is 0 Å². The molecule has 3 heterocycles. The number of aromatic nitrogens is 4.